The van der Waals surface area contributed by atoms with E-state index in [9.17, 15) is 5.26 Å². The predicted molar refractivity (Wildman–Crippen MR) is 81.5 cm³/mol. The van der Waals surface area contributed by atoms with Crippen molar-refractivity contribution >= 4 is 17.4 Å². The Balaban J connectivity index is 1.98. The molecule has 1 N–H and O–H groups in total. The van der Waals surface area contributed by atoms with Crippen LogP contribution in [0.1, 0.15) is 11.5 Å². The fourth-order valence-electron chi connectivity index (χ4n) is 1.85. The summed E-state index contributed by atoms with van der Waals surface area (Å²) in [5.41, 5.74) is 2.10. The minimum absolute atomic E-state index is 0.124. The molecule has 0 aliphatic rings. The molecular weight excluding hydrogens is 252 g/mol. The van der Waals surface area contributed by atoms with E-state index in [1.807, 2.05) is 42.5 Å². The van der Waals surface area contributed by atoms with Gasteiger partial charge in [-0.3, -0.25) is 0 Å². The number of nitrogens with one attached hydrogen (secondary N) is 1. The summed E-state index contributed by atoms with van der Waals surface area (Å²) in [6, 6.07) is 20.5. The van der Waals surface area contributed by atoms with Crippen LogP contribution in [0.3, 0.4) is 0 Å². The van der Waals surface area contributed by atoms with Gasteiger partial charge < -0.3 is 5.32 Å². The molecule has 2 aromatic carbocycles. The quantitative estimate of drug-likeness (QED) is 0.828. The Morgan fingerprint density at radius 1 is 1.11 bits per heavy atom. The first-order valence-corrected chi connectivity index (χ1v) is 7.38. The molecule has 0 amide bonds. The van der Waals surface area contributed by atoms with Crippen LogP contribution in [-0.4, -0.2) is 12.8 Å². The zero-order chi connectivity index (χ0) is 13.5. The van der Waals surface area contributed by atoms with Crippen LogP contribution in [0, 0.1) is 11.3 Å². The molecule has 0 saturated carbocycles. The fourth-order valence-corrected chi connectivity index (χ4v) is 2.26. The van der Waals surface area contributed by atoms with Crippen molar-refractivity contribution in [2.75, 3.05) is 18.1 Å². The van der Waals surface area contributed by atoms with Gasteiger partial charge in [-0.25, -0.2) is 0 Å². The summed E-state index contributed by atoms with van der Waals surface area (Å²) in [5, 5.41) is 12.6. The Bertz CT molecular complexity index is 543. The third-order valence-electron chi connectivity index (χ3n) is 2.96. The van der Waals surface area contributed by atoms with E-state index in [2.05, 4.69) is 29.8 Å². The van der Waals surface area contributed by atoms with Gasteiger partial charge in [-0.15, -0.1) is 11.8 Å². The number of anilines is 1. The Kier molecular flexibility index (Phi) is 4.88. The maximum absolute atomic E-state index is 9.25. The highest BCUT2D eigenvalue weighted by molar-refractivity contribution is 7.98. The van der Waals surface area contributed by atoms with Crippen molar-refractivity contribution in [3.8, 4) is 6.07 Å². The highest BCUT2D eigenvalue weighted by Gasteiger charge is 2.09. The Hall–Kier alpha value is -1.92. The molecule has 0 radical (unpaired) electrons. The zero-order valence-corrected chi connectivity index (χ0v) is 11.7. The number of rotatable bonds is 5. The first kappa shape index (κ1) is 13.5. The normalized spacial score (nSPS) is 11.6. The third kappa shape index (κ3) is 3.77. The highest BCUT2D eigenvalue weighted by Crippen LogP contribution is 2.19. The van der Waals surface area contributed by atoms with Gasteiger partial charge in [-0.2, -0.15) is 5.26 Å². The number of nitriles is 1. The van der Waals surface area contributed by atoms with Gasteiger partial charge in [-0.05, 0) is 36.1 Å². The molecule has 0 spiro atoms. The summed E-state index contributed by atoms with van der Waals surface area (Å²) in [7, 11) is 0. The van der Waals surface area contributed by atoms with Gasteiger partial charge in [0, 0.05) is 17.1 Å². The van der Waals surface area contributed by atoms with Crippen LogP contribution in [0.25, 0.3) is 0 Å². The number of benzene rings is 2. The minimum Gasteiger partial charge on any atom is -0.383 e. The molecule has 2 nitrogen and oxygen atoms in total. The lowest BCUT2D eigenvalue weighted by atomic mass is 10.0. The number of thioether (sulfide) groups is 1. The molecule has 19 heavy (non-hydrogen) atoms. The summed E-state index contributed by atoms with van der Waals surface area (Å²) in [5.74, 6) is -0.124. The van der Waals surface area contributed by atoms with E-state index in [1.54, 1.807) is 11.8 Å². The standard InChI is InChI=1S/C16H16N2S/c1-19-16-9-7-15(8-10-16)18-12-14(11-17)13-5-3-2-4-6-13/h2-10,14,18H,12H2,1H3. The molecule has 0 aliphatic heterocycles. The Labute approximate surface area is 118 Å². The lowest BCUT2D eigenvalue weighted by Gasteiger charge is -2.12. The fraction of sp³-hybridized carbons (Fsp3) is 0.188. The number of hydrogen-bond acceptors (Lipinski definition) is 3. The van der Waals surface area contributed by atoms with Crippen LogP contribution in [0.2, 0.25) is 0 Å². The van der Waals surface area contributed by atoms with Crippen molar-refractivity contribution in [2.45, 2.75) is 10.8 Å². The van der Waals surface area contributed by atoms with Gasteiger partial charge in [0.1, 0.15) is 0 Å². The topological polar surface area (TPSA) is 35.8 Å². The van der Waals surface area contributed by atoms with Crippen molar-refractivity contribution in [3.63, 3.8) is 0 Å². The number of nitrogens with zero attached hydrogens (tertiary/aromatic N) is 1. The second-order valence-electron chi connectivity index (χ2n) is 4.20. The molecule has 3 heteroatoms. The summed E-state index contributed by atoms with van der Waals surface area (Å²) in [6.07, 6.45) is 2.06. The summed E-state index contributed by atoms with van der Waals surface area (Å²) in [6.45, 7) is 0.624. The van der Waals surface area contributed by atoms with E-state index >= 15 is 0 Å². The van der Waals surface area contributed by atoms with E-state index in [4.69, 9.17) is 0 Å². The molecule has 2 aromatic rings. The zero-order valence-electron chi connectivity index (χ0n) is 10.8. The lowest BCUT2D eigenvalue weighted by Crippen LogP contribution is -2.11. The first-order valence-electron chi connectivity index (χ1n) is 6.16. The average Bonchev–Trinajstić information content (AvgIpc) is 2.49. The molecule has 0 aromatic heterocycles. The van der Waals surface area contributed by atoms with Crippen LogP contribution in [0.15, 0.2) is 59.5 Å². The molecule has 1 atom stereocenters. The lowest BCUT2D eigenvalue weighted by molar-refractivity contribution is 0.900. The van der Waals surface area contributed by atoms with Gasteiger partial charge >= 0.3 is 0 Å². The first-order chi connectivity index (χ1) is 9.33. The summed E-state index contributed by atoms with van der Waals surface area (Å²) in [4.78, 5) is 1.24. The van der Waals surface area contributed by atoms with Crippen molar-refractivity contribution in [1.29, 1.82) is 5.26 Å². The number of hydrogen-bond donors (Lipinski definition) is 1. The van der Waals surface area contributed by atoms with Crippen LogP contribution < -0.4 is 5.32 Å². The Morgan fingerprint density at radius 3 is 2.37 bits per heavy atom. The largest absolute Gasteiger partial charge is 0.383 e. The van der Waals surface area contributed by atoms with E-state index < -0.39 is 0 Å². The predicted octanol–water partition coefficient (Wildman–Crippen LogP) is 4.13. The van der Waals surface area contributed by atoms with E-state index in [0.717, 1.165) is 11.3 Å². The summed E-state index contributed by atoms with van der Waals surface area (Å²) < 4.78 is 0. The van der Waals surface area contributed by atoms with Crippen LogP contribution in [-0.2, 0) is 0 Å². The van der Waals surface area contributed by atoms with Crippen LogP contribution in [0.5, 0.6) is 0 Å². The average molecular weight is 268 g/mol. The van der Waals surface area contributed by atoms with Crippen molar-refractivity contribution in [1.82, 2.24) is 0 Å². The highest BCUT2D eigenvalue weighted by atomic mass is 32.2. The molecule has 1 unspecified atom stereocenters. The molecular formula is C16H16N2S. The van der Waals surface area contributed by atoms with E-state index in [-0.39, 0.29) is 5.92 Å². The molecule has 0 saturated heterocycles. The van der Waals surface area contributed by atoms with Gasteiger partial charge in [0.15, 0.2) is 0 Å². The smallest absolute Gasteiger partial charge is 0.0885 e. The van der Waals surface area contributed by atoms with Crippen LogP contribution >= 0.6 is 11.8 Å². The molecule has 96 valence electrons. The summed E-state index contributed by atoms with van der Waals surface area (Å²) >= 11 is 1.72. The van der Waals surface area contributed by atoms with Gasteiger partial charge in [0.05, 0.1) is 12.0 Å². The Morgan fingerprint density at radius 2 is 1.79 bits per heavy atom. The monoisotopic (exact) mass is 268 g/mol. The second-order valence-corrected chi connectivity index (χ2v) is 5.08. The van der Waals surface area contributed by atoms with E-state index in [0.29, 0.717) is 6.54 Å². The molecule has 2 rings (SSSR count). The molecule has 0 fully saturated rings. The van der Waals surface area contributed by atoms with Crippen molar-refractivity contribution < 1.29 is 0 Å². The van der Waals surface area contributed by atoms with Crippen LogP contribution in [0.4, 0.5) is 5.69 Å². The van der Waals surface area contributed by atoms with Gasteiger partial charge in [-0.1, -0.05) is 30.3 Å². The minimum atomic E-state index is -0.124. The van der Waals surface area contributed by atoms with Gasteiger partial charge in [0.2, 0.25) is 0 Å². The molecule has 0 aliphatic carbocycles. The third-order valence-corrected chi connectivity index (χ3v) is 3.70. The van der Waals surface area contributed by atoms with Crippen molar-refractivity contribution in [2.24, 2.45) is 0 Å². The maximum atomic E-state index is 9.25. The van der Waals surface area contributed by atoms with Crippen molar-refractivity contribution in [3.05, 3.63) is 60.2 Å². The SMILES string of the molecule is CSc1ccc(NCC(C#N)c2ccccc2)cc1. The van der Waals surface area contributed by atoms with E-state index in [1.165, 1.54) is 4.90 Å². The van der Waals surface area contributed by atoms with Gasteiger partial charge in [0.25, 0.3) is 0 Å². The maximum Gasteiger partial charge on any atom is 0.0885 e. The molecule has 0 bridgehead atoms. The second kappa shape index (κ2) is 6.86. The molecule has 0 heterocycles.